The molecule has 3 rings (SSSR count). The second-order valence-electron chi connectivity index (χ2n) is 6.41. The number of rotatable bonds is 4. The first-order chi connectivity index (χ1) is 14.1. The maximum absolute atomic E-state index is 13.7. The third kappa shape index (κ3) is 3.69. The number of nitrogens with zero attached hydrogens (tertiary/aromatic N) is 3. The number of carbonyl (C=O) groups is 2. The van der Waals surface area contributed by atoms with Gasteiger partial charge < -0.3 is 10.1 Å². The molecule has 1 N–H and O–H groups in total. The van der Waals surface area contributed by atoms with Crippen molar-refractivity contribution in [2.75, 3.05) is 12.4 Å². The van der Waals surface area contributed by atoms with Gasteiger partial charge in [-0.1, -0.05) is 0 Å². The molecule has 0 aliphatic rings. The average molecular weight is 418 g/mol. The first-order valence-electron chi connectivity index (χ1n) is 8.58. The number of fused-ring (bicyclic) bond motifs is 1. The van der Waals surface area contributed by atoms with E-state index in [2.05, 4.69) is 10.3 Å². The Morgan fingerprint density at radius 2 is 1.90 bits per heavy atom. The van der Waals surface area contributed by atoms with Gasteiger partial charge in [-0.15, -0.1) is 0 Å². The maximum atomic E-state index is 13.7. The average Bonchev–Trinajstić information content (AvgIpc) is 2.70. The third-order valence-electron chi connectivity index (χ3n) is 4.33. The molecule has 3 aromatic rings. The van der Waals surface area contributed by atoms with Crippen molar-refractivity contribution >= 4 is 28.6 Å². The number of hydrogen-bond donors (Lipinski definition) is 1. The van der Waals surface area contributed by atoms with Crippen LogP contribution in [0.3, 0.4) is 0 Å². The Labute approximate surface area is 167 Å². The van der Waals surface area contributed by atoms with Gasteiger partial charge in [0.15, 0.2) is 0 Å². The van der Waals surface area contributed by atoms with E-state index in [4.69, 9.17) is 4.74 Å². The van der Waals surface area contributed by atoms with Crippen LogP contribution in [0.4, 0.5) is 14.5 Å². The molecule has 2 aromatic heterocycles. The van der Waals surface area contributed by atoms with Gasteiger partial charge in [-0.3, -0.25) is 18.7 Å². The number of aromatic nitrogens is 3. The summed E-state index contributed by atoms with van der Waals surface area (Å²) >= 11 is 0. The second-order valence-corrected chi connectivity index (χ2v) is 6.41. The standard InChI is InChI=1S/C19H16F2N4O5/c1-9-6-11(18(28)30-3)15-16(22-9)24(2)19(29)25(17(15)27)8-14(26)23-13-7-10(20)4-5-12(13)21/h4-7H,8H2,1-3H3,(H,23,26). The van der Waals surface area contributed by atoms with Gasteiger partial charge in [0.2, 0.25) is 5.91 Å². The van der Waals surface area contributed by atoms with E-state index in [1.807, 2.05) is 0 Å². The molecule has 1 aromatic carbocycles. The first kappa shape index (κ1) is 20.8. The molecule has 1 amide bonds. The number of amides is 1. The van der Waals surface area contributed by atoms with Crippen LogP contribution in [0, 0.1) is 18.6 Å². The van der Waals surface area contributed by atoms with Crippen LogP contribution in [0.25, 0.3) is 11.0 Å². The predicted octanol–water partition coefficient (Wildman–Crippen LogP) is 1.11. The van der Waals surface area contributed by atoms with Crippen molar-refractivity contribution in [3.05, 3.63) is 68.0 Å². The zero-order valence-electron chi connectivity index (χ0n) is 16.2. The molecule has 2 heterocycles. The highest BCUT2D eigenvalue weighted by molar-refractivity contribution is 6.02. The Kier molecular flexibility index (Phi) is 5.45. The molecule has 0 aliphatic heterocycles. The zero-order valence-corrected chi connectivity index (χ0v) is 16.2. The van der Waals surface area contributed by atoms with Crippen molar-refractivity contribution in [2.24, 2.45) is 7.05 Å². The van der Waals surface area contributed by atoms with Crippen LogP contribution in [0.1, 0.15) is 16.1 Å². The van der Waals surface area contributed by atoms with Gasteiger partial charge in [-0.05, 0) is 25.1 Å². The van der Waals surface area contributed by atoms with Crippen molar-refractivity contribution in [3.63, 3.8) is 0 Å². The number of esters is 1. The van der Waals surface area contributed by atoms with Gasteiger partial charge >= 0.3 is 11.7 Å². The number of carbonyl (C=O) groups excluding carboxylic acids is 2. The third-order valence-corrected chi connectivity index (χ3v) is 4.33. The molecule has 0 bridgehead atoms. The summed E-state index contributed by atoms with van der Waals surface area (Å²) in [5, 5.41) is 1.90. The minimum atomic E-state index is -0.948. The molecule has 156 valence electrons. The van der Waals surface area contributed by atoms with Crippen LogP contribution < -0.4 is 16.6 Å². The Bertz CT molecular complexity index is 1310. The van der Waals surface area contributed by atoms with E-state index in [1.54, 1.807) is 6.92 Å². The Hall–Kier alpha value is -3.89. The lowest BCUT2D eigenvalue weighted by atomic mass is 10.1. The van der Waals surface area contributed by atoms with Crippen LogP contribution in [-0.4, -0.2) is 33.1 Å². The van der Waals surface area contributed by atoms with Gasteiger partial charge in [0.05, 0.1) is 23.7 Å². The number of nitrogens with one attached hydrogen (secondary N) is 1. The van der Waals surface area contributed by atoms with Crippen LogP contribution in [0.2, 0.25) is 0 Å². The lowest BCUT2D eigenvalue weighted by Gasteiger charge is -2.13. The smallest absolute Gasteiger partial charge is 0.338 e. The fraction of sp³-hybridized carbons (Fsp3) is 0.211. The van der Waals surface area contributed by atoms with Crippen molar-refractivity contribution in [2.45, 2.75) is 13.5 Å². The van der Waals surface area contributed by atoms with E-state index in [0.29, 0.717) is 10.3 Å². The van der Waals surface area contributed by atoms with E-state index >= 15 is 0 Å². The number of pyridine rings is 1. The fourth-order valence-corrected chi connectivity index (χ4v) is 2.94. The molecule has 0 saturated carbocycles. The SMILES string of the molecule is COC(=O)c1cc(C)nc2c1c(=O)n(CC(=O)Nc1cc(F)ccc1F)c(=O)n2C. The summed E-state index contributed by atoms with van der Waals surface area (Å²) in [7, 11) is 2.45. The van der Waals surface area contributed by atoms with Crippen molar-refractivity contribution in [1.82, 2.24) is 14.1 Å². The highest BCUT2D eigenvalue weighted by Crippen LogP contribution is 2.16. The minimum absolute atomic E-state index is 0.0572. The zero-order chi connectivity index (χ0) is 22.2. The molecular weight excluding hydrogens is 402 g/mol. The second kappa shape index (κ2) is 7.85. The monoisotopic (exact) mass is 418 g/mol. The molecule has 30 heavy (non-hydrogen) atoms. The largest absolute Gasteiger partial charge is 0.465 e. The summed E-state index contributed by atoms with van der Waals surface area (Å²) in [5.74, 6) is -3.44. The van der Waals surface area contributed by atoms with E-state index in [-0.39, 0.29) is 16.6 Å². The highest BCUT2D eigenvalue weighted by atomic mass is 19.1. The van der Waals surface area contributed by atoms with Gasteiger partial charge in [0.25, 0.3) is 5.56 Å². The molecule has 0 saturated heterocycles. The van der Waals surface area contributed by atoms with Crippen LogP contribution >= 0.6 is 0 Å². The summed E-state index contributed by atoms with van der Waals surface area (Å²) < 4.78 is 33.3. The molecular formula is C19H16F2N4O5. The van der Waals surface area contributed by atoms with Crippen LogP contribution in [0.15, 0.2) is 33.9 Å². The van der Waals surface area contributed by atoms with E-state index in [9.17, 15) is 28.0 Å². The quantitative estimate of drug-likeness (QED) is 0.635. The van der Waals surface area contributed by atoms with E-state index in [0.717, 1.165) is 29.9 Å². The van der Waals surface area contributed by atoms with E-state index in [1.165, 1.54) is 13.1 Å². The summed E-state index contributed by atoms with van der Waals surface area (Å²) in [6.07, 6.45) is 0. The van der Waals surface area contributed by atoms with Gasteiger partial charge in [0, 0.05) is 18.8 Å². The van der Waals surface area contributed by atoms with Crippen molar-refractivity contribution in [3.8, 4) is 0 Å². The maximum Gasteiger partial charge on any atom is 0.338 e. The summed E-state index contributed by atoms with van der Waals surface area (Å²) in [6.45, 7) is 0.773. The molecule has 0 aliphatic carbocycles. The molecule has 0 unspecified atom stereocenters. The number of aryl methyl sites for hydroxylation is 2. The number of halogens is 2. The molecule has 0 atom stereocenters. The van der Waals surface area contributed by atoms with Gasteiger partial charge in [-0.25, -0.2) is 23.4 Å². The molecule has 0 radical (unpaired) electrons. The minimum Gasteiger partial charge on any atom is -0.465 e. The Balaban J connectivity index is 2.12. The number of benzene rings is 1. The summed E-state index contributed by atoms with van der Waals surface area (Å²) in [5.41, 5.74) is -2.08. The predicted molar refractivity (Wildman–Crippen MR) is 102 cm³/mol. The van der Waals surface area contributed by atoms with Gasteiger partial charge in [-0.2, -0.15) is 0 Å². The van der Waals surface area contributed by atoms with Crippen LogP contribution in [0.5, 0.6) is 0 Å². The number of methoxy groups -OCH3 is 1. The molecule has 0 spiro atoms. The molecule has 11 heteroatoms. The number of hydrogen-bond acceptors (Lipinski definition) is 6. The lowest BCUT2D eigenvalue weighted by Crippen LogP contribution is -2.42. The van der Waals surface area contributed by atoms with Gasteiger partial charge in [0.1, 0.15) is 23.8 Å². The van der Waals surface area contributed by atoms with Crippen LogP contribution in [-0.2, 0) is 23.1 Å². The first-order valence-corrected chi connectivity index (χ1v) is 8.58. The van der Waals surface area contributed by atoms with Crippen molar-refractivity contribution < 1.29 is 23.1 Å². The Morgan fingerprint density at radius 1 is 1.20 bits per heavy atom. The number of anilines is 1. The summed E-state index contributed by atoms with van der Waals surface area (Å²) in [6, 6.07) is 3.78. The molecule has 0 fully saturated rings. The number of ether oxygens (including phenoxy) is 1. The highest BCUT2D eigenvalue weighted by Gasteiger charge is 2.22. The lowest BCUT2D eigenvalue weighted by molar-refractivity contribution is -0.116. The topological polar surface area (TPSA) is 112 Å². The van der Waals surface area contributed by atoms with Crippen molar-refractivity contribution in [1.29, 1.82) is 0 Å². The fourth-order valence-electron chi connectivity index (χ4n) is 2.94. The normalized spacial score (nSPS) is 10.8. The summed E-state index contributed by atoms with van der Waals surface area (Å²) in [4.78, 5) is 54.2. The Morgan fingerprint density at radius 3 is 2.57 bits per heavy atom. The molecule has 9 nitrogen and oxygen atoms in total. The van der Waals surface area contributed by atoms with E-state index < -0.39 is 47.0 Å².